The van der Waals surface area contributed by atoms with E-state index in [1.165, 1.54) is 19.3 Å². The molecule has 6 nitrogen and oxygen atoms in total. The molecule has 2 aliphatic rings. The summed E-state index contributed by atoms with van der Waals surface area (Å²) in [4.78, 5) is 20.2. The zero-order chi connectivity index (χ0) is 20.2. The van der Waals surface area contributed by atoms with E-state index in [9.17, 15) is 4.79 Å². The van der Waals surface area contributed by atoms with Crippen molar-refractivity contribution in [1.29, 1.82) is 0 Å². The highest BCUT2D eigenvalue weighted by Crippen LogP contribution is 2.45. The molecule has 2 fully saturated rings. The molecule has 1 saturated heterocycles. The number of nitrogens with zero attached hydrogens (tertiary/aromatic N) is 4. The molecule has 1 saturated carbocycles. The first-order valence-corrected chi connectivity index (χ1v) is 10.7. The summed E-state index contributed by atoms with van der Waals surface area (Å²) in [7, 11) is 1.77. The molecule has 3 aromatic rings. The van der Waals surface area contributed by atoms with E-state index in [0.29, 0.717) is 43.7 Å². The van der Waals surface area contributed by atoms with Gasteiger partial charge in [-0.25, -0.2) is 0 Å². The van der Waals surface area contributed by atoms with E-state index in [-0.39, 0.29) is 5.56 Å². The summed E-state index contributed by atoms with van der Waals surface area (Å²) >= 11 is 12.5. The average Bonchev–Trinajstić information content (AvgIpc) is 3.35. The Morgan fingerprint density at radius 3 is 2.69 bits per heavy atom. The topological polar surface area (TPSA) is 66.8 Å². The van der Waals surface area contributed by atoms with Crippen LogP contribution in [-0.4, -0.2) is 32.8 Å². The number of benzene rings is 1. The number of hydrogen-bond donors (Lipinski definition) is 1. The first-order chi connectivity index (χ1) is 14.0. The third-order valence-corrected chi connectivity index (χ3v) is 7.31. The van der Waals surface area contributed by atoms with Gasteiger partial charge in [0.15, 0.2) is 5.65 Å². The summed E-state index contributed by atoms with van der Waals surface area (Å²) < 4.78 is 1.62. The van der Waals surface area contributed by atoms with Crippen molar-refractivity contribution < 1.29 is 0 Å². The Morgan fingerprint density at radius 2 is 1.97 bits per heavy atom. The number of aromatic nitrogens is 4. The molecule has 0 unspecified atom stereocenters. The number of hydrogen-bond acceptors (Lipinski definition) is 4. The van der Waals surface area contributed by atoms with Crippen molar-refractivity contribution in [3.05, 3.63) is 45.0 Å². The van der Waals surface area contributed by atoms with E-state index < -0.39 is 0 Å². The summed E-state index contributed by atoms with van der Waals surface area (Å²) in [6.45, 7) is 1.80. The highest BCUT2D eigenvalue weighted by molar-refractivity contribution is 6.43. The molecular weight excluding hydrogens is 409 g/mol. The first-order valence-electron chi connectivity index (χ1n) is 9.98. The molecule has 8 heteroatoms. The Bertz CT molecular complexity index is 1140. The molecule has 1 aromatic carbocycles. The number of fused-ring (bicyclic) bond motifs is 1. The molecule has 1 radical (unpaired) electrons. The van der Waals surface area contributed by atoms with Crippen molar-refractivity contribution in [2.24, 2.45) is 12.5 Å². The van der Waals surface area contributed by atoms with Crippen LogP contribution in [0.5, 0.6) is 0 Å². The fraction of sp³-hybridized carbons (Fsp3) is 0.429. The molecule has 0 bridgehead atoms. The number of H-pyrrole nitrogens is 1. The molecule has 29 heavy (non-hydrogen) atoms. The minimum absolute atomic E-state index is 0.141. The molecular formula is C21H22Cl2N5O. The second kappa shape index (κ2) is 7.03. The highest BCUT2D eigenvalue weighted by Gasteiger charge is 2.38. The van der Waals surface area contributed by atoms with Crippen molar-refractivity contribution in [2.45, 2.75) is 32.1 Å². The molecule has 2 aromatic heterocycles. The van der Waals surface area contributed by atoms with E-state index in [2.05, 4.69) is 21.5 Å². The quantitative estimate of drug-likeness (QED) is 0.644. The van der Waals surface area contributed by atoms with Gasteiger partial charge in [-0.1, -0.05) is 41.8 Å². The smallest absolute Gasteiger partial charge is 0.266 e. The largest absolute Gasteiger partial charge is 0.342 e. The van der Waals surface area contributed by atoms with Gasteiger partial charge in [0, 0.05) is 25.7 Å². The van der Waals surface area contributed by atoms with E-state index in [4.69, 9.17) is 28.2 Å². The van der Waals surface area contributed by atoms with Crippen molar-refractivity contribution in [1.82, 2.24) is 19.7 Å². The third kappa shape index (κ3) is 3.04. The molecule has 0 atom stereocenters. The van der Waals surface area contributed by atoms with Gasteiger partial charge < -0.3 is 4.90 Å². The van der Waals surface area contributed by atoms with Crippen LogP contribution in [0.3, 0.4) is 0 Å². The lowest BCUT2D eigenvalue weighted by Gasteiger charge is -2.39. The third-order valence-electron chi connectivity index (χ3n) is 6.49. The Balaban J connectivity index is 1.54. The fourth-order valence-corrected chi connectivity index (χ4v) is 5.18. The summed E-state index contributed by atoms with van der Waals surface area (Å²) in [6, 6.07) is 5.33. The molecule has 3 heterocycles. The minimum atomic E-state index is -0.141. The summed E-state index contributed by atoms with van der Waals surface area (Å²) in [5.41, 5.74) is 1.84. The Labute approximate surface area is 178 Å². The first kappa shape index (κ1) is 18.9. The fourth-order valence-electron chi connectivity index (χ4n) is 4.79. The van der Waals surface area contributed by atoms with Crippen LogP contribution in [0.25, 0.3) is 22.3 Å². The van der Waals surface area contributed by atoms with Gasteiger partial charge in [0.2, 0.25) is 5.95 Å². The molecule has 1 aliphatic carbocycles. The Hall–Kier alpha value is -2.05. The number of rotatable bonds is 2. The zero-order valence-electron chi connectivity index (χ0n) is 16.2. The second-order valence-electron chi connectivity index (χ2n) is 8.12. The van der Waals surface area contributed by atoms with Crippen LogP contribution in [0.4, 0.5) is 5.95 Å². The lowest BCUT2D eigenvalue weighted by atomic mass is 9.77. The van der Waals surface area contributed by atoms with Gasteiger partial charge >= 0.3 is 0 Å². The van der Waals surface area contributed by atoms with E-state index >= 15 is 0 Å². The van der Waals surface area contributed by atoms with Gasteiger partial charge in [0.05, 0.1) is 15.7 Å². The maximum absolute atomic E-state index is 13.2. The predicted molar refractivity (Wildman–Crippen MR) is 117 cm³/mol. The van der Waals surface area contributed by atoms with Gasteiger partial charge in [-0.05, 0) is 43.6 Å². The van der Waals surface area contributed by atoms with E-state index in [1.807, 2.05) is 6.07 Å². The van der Waals surface area contributed by atoms with E-state index in [1.54, 1.807) is 23.7 Å². The lowest BCUT2D eigenvalue weighted by molar-refractivity contribution is 0.275. The average molecular weight is 431 g/mol. The summed E-state index contributed by atoms with van der Waals surface area (Å²) in [5, 5.41) is 8.50. The van der Waals surface area contributed by atoms with Gasteiger partial charge in [-0.2, -0.15) is 10.1 Å². The number of piperidine rings is 1. The van der Waals surface area contributed by atoms with Crippen LogP contribution in [0.15, 0.2) is 23.0 Å². The van der Waals surface area contributed by atoms with Gasteiger partial charge in [0.1, 0.15) is 5.39 Å². The van der Waals surface area contributed by atoms with Crippen LogP contribution < -0.4 is 10.5 Å². The summed E-state index contributed by atoms with van der Waals surface area (Å²) in [5.74, 6) is 0.672. The Kier molecular flexibility index (Phi) is 4.59. The van der Waals surface area contributed by atoms with Gasteiger partial charge in [0.25, 0.3) is 5.56 Å². The zero-order valence-corrected chi connectivity index (χ0v) is 17.7. The van der Waals surface area contributed by atoms with Crippen molar-refractivity contribution in [3.63, 3.8) is 0 Å². The monoisotopic (exact) mass is 430 g/mol. The number of halogens is 2. The number of anilines is 1. The molecule has 1 spiro atoms. The SMILES string of the molecule is Cn1c(N2CCC3([CH]CCC3)CC2)nc2n[nH]c(-c3cccc(Cl)c3Cl)c2c1=O. The number of aromatic amines is 1. The normalized spacial score (nSPS) is 18.8. The van der Waals surface area contributed by atoms with Crippen molar-refractivity contribution in [3.8, 4) is 11.3 Å². The minimum Gasteiger partial charge on any atom is -0.342 e. The number of nitrogens with one attached hydrogen (secondary N) is 1. The van der Waals surface area contributed by atoms with Crippen LogP contribution in [0, 0.1) is 11.8 Å². The van der Waals surface area contributed by atoms with Crippen molar-refractivity contribution >= 4 is 40.2 Å². The molecule has 0 amide bonds. The predicted octanol–water partition coefficient (Wildman–Crippen LogP) is 4.61. The highest BCUT2D eigenvalue weighted by atomic mass is 35.5. The summed E-state index contributed by atoms with van der Waals surface area (Å²) in [6.07, 6.45) is 8.55. The van der Waals surface area contributed by atoms with Crippen molar-refractivity contribution in [2.75, 3.05) is 18.0 Å². The lowest BCUT2D eigenvalue weighted by Crippen LogP contribution is -2.42. The van der Waals surface area contributed by atoms with Crippen LogP contribution in [0.2, 0.25) is 10.0 Å². The molecule has 151 valence electrons. The van der Waals surface area contributed by atoms with Crippen LogP contribution >= 0.6 is 23.2 Å². The van der Waals surface area contributed by atoms with Crippen LogP contribution in [-0.2, 0) is 7.05 Å². The van der Waals surface area contributed by atoms with Gasteiger partial charge in [-0.15, -0.1) is 0 Å². The van der Waals surface area contributed by atoms with Crippen LogP contribution in [0.1, 0.15) is 32.1 Å². The molecule has 1 N–H and O–H groups in total. The second-order valence-corrected chi connectivity index (χ2v) is 8.91. The maximum atomic E-state index is 13.2. The molecule has 5 rings (SSSR count). The molecule has 1 aliphatic heterocycles. The van der Waals surface area contributed by atoms with E-state index in [0.717, 1.165) is 25.9 Å². The standard InChI is InChI=1S/C21H22Cl2N5O/c1-27-19(29)15-17(13-5-4-6-14(22)16(13)23)25-26-18(15)24-20(27)28-11-9-21(10-12-28)7-2-3-8-21/h4-7H,2-3,8-12H2,1H3,(H,25,26). The maximum Gasteiger partial charge on any atom is 0.266 e. The Morgan fingerprint density at radius 1 is 1.17 bits per heavy atom. The van der Waals surface area contributed by atoms with Gasteiger partial charge in [-0.3, -0.25) is 14.5 Å².